The predicted molar refractivity (Wildman–Crippen MR) is 58.0 cm³/mol. The molecule has 0 saturated heterocycles. The molecule has 2 aliphatic carbocycles. The molecule has 2 saturated carbocycles. The highest BCUT2D eigenvalue weighted by Crippen LogP contribution is 2.69. The summed E-state index contributed by atoms with van der Waals surface area (Å²) in [5.41, 5.74) is 0.0839. The smallest absolute Gasteiger partial charge is 0.0681 e. The molecule has 2 N–H and O–H groups in total. The molecule has 0 radical (unpaired) electrons. The van der Waals surface area contributed by atoms with E-state index in [1.54, 1.807) is 0 Å². The van der Waals surface area contributed by atoms with Crippen molar-refractivity contribution in [3.05, 3.63) is 0 Å². The third-order valence-electron chi connectivity index (χ3n) is 5.27. The summed E-state index contributed by atoms with van der Waals surface area (Å²) < 4.78 is 0. The van der Waals surface area contributed by atoms with E-state index in [0.717, 1.165) is 19.4 Å². The molecule has 2 rings (SSSR count). The van der Waals surface area contributed by atoms with Crippen LogP contribution in [0.15, 0.2) is 0 Å². The van der Waals surface area contributed by atoms with Gasteiger partial charge in [-0.2, -0.15) is 0 Å². The number of hydrogen-bond acceptors (Lipinski definition) is 2. The zero-order valence-electron chi connectivity index (χ0n) is 10.1. The number of aliphatic hydroxyl groups is 2. The maximum absolute atomic E-state index is 10.3. The number of fused-ring (bicyclic) bond motifs is 2. The molecule has 2 heteroatoms. The monoisotopic (exact) mass is 200 g/mol. The lowest BCUT2D eigenvalue weighted by Crippen LogP contribution is -2.44. The predicted octanol–water partition coefficient (Wildman–Crippen LogP) is 2.19. The van der Waals surface area contributed by atoms with Crippen molar-refractivity contribution in [2.24, 2.45) is 16.7 Å². The van der Waals surface area contributed by atoms with Crippen LogP contribution in [0.1, 0.15) is 47.0 Å². The molecule has 84 valence electrons. The Morgan fingerprint density at radius 3 is 1.71 bits per heavy atom. The average Bonchev–Trinajstić information content (AvgIpc) is 2.39. The Balaban J connectivity index is 0.000000461. The molecule has 0 unspecified atom stereocenters. The van der Waals surface area contributed by atoms with Gasteiger partial charge in [-0.15, -0.1) is 0 Å². The topological polar surface area (TPSA) is 40.5 Å². The van der Waals surface area contributed by atoms with Gasteiger partial charge in [-0.05, 0) is 37.5 Å². The number of hydrogen-bond donors (Lipinski definition) is 2. The van der Waals surface area contributed by atoms with Crippen molar-refractivity contribution in [2.45, 2.75) is 52.6 Å². The lowest BCUT2D eigenvalue weighted by molar-refractivity contribution is -0.0745. The van der Waals surface area contributed by atoms with E-state index in [4.69, 9.17) is 5.11 Å². The van der Waals surface area contributed by atoms with Gasteiger partial charge in [0, 0.05) is 12.5 Å². The minimum absolute atomic E-state index is 0.157. The fourth-order valence-electron chi connectivity index (χ4n) is 3.62. The van der Waals surface area contributed by atoms with Crippen molar-refractivity contribution in [3.63, 3.8) is 0 Å². The van der Waals surface area contributed by atoms with Crippen LogP contribution in [0.4, 0.5) is 0 Å². The lowest BCUT2D eigenvalue weighted by atomic mass is 9.65. The standard InChI is InChI=1S/C11H20O.CH4O/c1-9(2)8-5-6-10(9,3)11(4,12)7-8;1-2/h8,12H,5-7H2,1-4H3;2H,1H3/t8-,10+,11-;/m1./s1. The highest BCUT2D eigenvalue weighted by atomic mass is 16.3. The summed E-state index contributed by atoms with van der Waals surface area (Å²) in [4.78, 5) is 0. The van der Waals surface area contributed by atoms with Crippen LogP contribution in [0.5, 0.6) is 0 Å². The van der Waals surface area contributed by atoms with Crippen LogP contribution in [0.25, 0.3) is 0 Å². The maximum atomic E-state index is 10.3. The molecule has 2 bridgehead atoms. The Kier molecular flexibility index (Phi) is 2.75. The number of aliphatic hydroxyl groups excluding tert-OH is 1. The van der Waals surface area contributed by atoms with Gasteiger partial charge in [0.15, 0.2) is 0 Å². The Morgan fingerprint density at radius 2 is 1.57 bits per heavy atom. The van der Waals surface area contributed by atoms with Gasteiger partial charge in [0.25, 0.3) is 0 Å². The molecule has 3 atom stereocenters. The Bertz CT molecular complexity index is 220. The number of rotatable bonds is 0. The third kappa shape index (κ3) is 1.17. The Hall–Kier alpha value is -0.0800. The van der Waals surface area contributed by atoms with E-state index in [2.05, 4.69) is 20.8 Å². The molecule has 2 aliphatic rings. The molecule has 0 spiro atoms. The fraction of sp³-hybridized carbons (Fsp3) is 1.00. The van der Waals surface area contributed by atoms with Gasteiger partial charge in [0.05, 0.1) is 5.60 Å². The minimum Gasteiger partial charge on any atom is -0.400 e. The highest BCUT2D eigenvalue weighted by molar-refractivity contribution is 5.16. The average molecular weight is 200 g/mol. The van der Waals surface area contributed by atoms with Gasteiger partial charge in [-0.25, -0.2) is 0 Å². The fourth-order valence-corrected chi connectivity index (χ4v) is 3.62. The van der Waals surface area contributed by atoms with Gasteiger partial charge in [-0.1, -0.05) is 20.8 Å². The first kappa shape index (κ1) is 12.0. The second-order valence-electron chi connectivity index (χ2n) is 5.77. The van der Waals surface area contributed by atoms with E-state index in [9.17, 15) is 5.11 Å². The summed E-state index contributed by atoms with van der Waals surface area (Å²) >= 11 is 0. The summed E-state index contributed by atoms with van der Waals surface area (Å²) in [5.74, 6) is 0.748. The Labute approximate surface area is 87.3 Å². The zero-order valence-corrected chi connectivity index (χ0v) is 10.1. The molecule has 2 nitrogen and oxygen atoms in total. The van der Waals surface area contributed by atoms with Gasteiger partial charge >= 0.3 is 0 Å². The second kappa shape index (κ2) is 3.21. The van der Waals surface area contributed by atoms with Crippen molar-refractivity contribution in [1.82, 2.24) is 0 Å². The lowest BCUT2D eigenvalue weighted by Gasteiger charge is -2.43. The van der Waals surface area contributed by atoms with Crippen LogP contribution in [-0.2, 0) is 0 Å². The first-order valence-corrected chi connectivity index (χ1v) is 5.48. The molecule has 0 aromatic heterocycles. The maximum Gasteiger partial charge on any atom is 0.0681 e. The largest absolute Gasteiger partial charge is 0.400 e. The quantitative estimate of drug-likeness (QED) is 0.629. The summed E-state index contributed by atoms with van der Waals surface area (Å²) in [6.45, 7) is 8.94. The van der Waals surface area contributed by atoms with Gasteiger partial charge in [0.1, 0.15) is 0 Å². The van der Waals surface area contributed by atoms with Gasteiger partial charge < -0.3 is 10.2 Å². The molecular formula is C12H24O2. The van der Waals surface area contributed by atoms with Crippen molar-refractivity contribution >= 4 is 0 Å². The van der Waals surface area contributed by atoms with Crippen LogP contribution in [0, 0.1) is 16.7 Å². The first-order valence-electron chi connectivity index (χ1n) is 5.48. The molecule has 0 aromatic carbocycles. The van der Waals surface area contributed by atoms with Crippen molar-refractivity contribution in [3.8, 4) is 0 Å². The van der Waals surface area contributed by atoms with E-state index >= 15 is 0 Å². The highest BCUT2D eigenvalue weighted by Gasteiger charge is 2.66. The molecule has 0 amide bonds. The van der Waals surface area contributed by atoms with Crippen molar-refractivity contribution in [1.29, 1.82) is 0 Å². The molecule has 14 heavy (non-hydrogen) atoms. The molecule has 0 aliphatic heterocycles. The van der Waals surface area contributed by atoms with Crippen LogP contribution >= 0.6 is 0 Å². The third-order valence-corrected chi connectivity index (χ3v) is 5.27. The van der Waals surface area contributed by atoms with E-state index < -0.39 is 5.60 Å². The van der Waals surface area contributed by atoms with E-state index in [1.165, 1.54) is 12.8 Å². The summed E-state index contributed by atoms with van der Waals surface area (Å²) in [5, 5.41) is 17.3. The van der Waals surface area contributed by atoms with Gasteiger partial charge in [-0.3, -0.25) is 0 Å². The van der Waals surface area contributed by atoms with Gasteiger partial charge in [0.2, 0.25) is 0 Å². The zero-order chi connectivity index (χ0) is 11.2. The van der Waals surface area contributed by atoms with E-state index in [-0.39, 0.29) is 5.41 Å². The van der Waals surface area contributed by atoms with Crippen LogP contribution in [-0.4, -0.2) is 22.9 Å². The van der Waals surface area contributed by atoms with Crippen molar-refractivity contribution < 1.29 is 10.2 Å². The van der Waals surface area contributed by atoms with Crippen LogP contribution in [0.2, 0.25) is 0 Å². The normalized spacial score (nSPS) is 48.6. The summed E-state index contributed by atoms with van der Waals surface area (Å²) in [6, 6.07) is 0. The van der Waals surface area contributed by atoms with Crippen LogP contribution in [0.3, 0.4) is 0 Å². The first-order chi connectivity index (χ1) is 6.31. The molecule has 0 aromatic rings. The van der Waals surface area contributed by atoms with Crippen LogP contribution < -0.4 is 0 Å². The minimum atomic E-state index is -0.417. The summed E-state index contributed by atoms with van der Waals surface area (Å²) in [6.07, 6.45) is 3.54. The molecule has 0 heterocycles. The molecular weight excluding hydrogens is 176 g/mol. The Morgan fingerprint density at radius 1 is 1.07 bits per heavy atom. The van der Waals surface area contributed by atoms with E-state index in [1.807, 2.05) is 6.92 Å². The van der Waals surface area contributed by atoms with Crippen molar-refractivity contribution in [2.75, 3.05) is 7.11 Å². The SMILES string of the molecule is CC1(C)[C@@H]2CC[C@]1(C)[C@](C)(O)C2.CO. The molecule has 2 fully saturated rings. The second-order valence-corrected chi connectivity index (χ2v) is 5.77. The summed E-state index contributed by atoms with van der Waals surface area (Å²) in [7, 11) is 1.00. The van der Waals surface area contributed by atoms with E-state index in [0.29, 0.717) is 5.41 Å².